The Morgan fingerprint density at radius 3 is 2.19 bits per heavy atom. The molecule has 0 bridgehead atoms. The van der Waals surface area contributed by atoms with Gasteiger partial charge in [-0.15, -0.1) is 0 Å². The summed E-state index contributed by atoms with van der Waals surface area (Å²) in [4.78, 5) is 0. The van der Waals surface area contributed by atoms with Crippen LogP contribution in [0.15, 0.2) is 72.7 Å². The molecule has 0 aliphatic carbocycles. The maximum atomic E-state index is 5.75. The topological polar surface area (TPSA) is 9.23 Å². The van der Waals surface area contributed by atoms with Crippen LogP contribution in [0.3, 0.4) is 0 Å². The van der Waals surface area contributed by atoms with Crippen molar-refractivity contribution < 1.29 is 4.74 Å². The van der Waals surface area contributed by atoms with Crippen LogP contribution in [0.25, 0.3) is 0 Å². The van der Waals surface area contributed by atoms with Crippen molar-refractivity contribution in [3.05, 3.63) is 72.7 Å². The van der Waals surface area contributed by atoms with Gasteiger partial charge in [0.15, 0.2) is 0 Å². The fourth-order valence-corrected chi connectivity index (χ4v) is 0.972. The number of hydrogen-bond acceptors (Lipinski definition) is 1. The lowest BCUT2D eigenvalue weighted by molar-refractivity contribution is 0.335. The van der Waals surface area contributed by atoms with Crippen molar-refractivity contribution in [3.63, 3.8) is 0 Å². The molecule has 0 saturated heterocycles. The molecule has 0 saturated carbocycles. The molecule has 16 heavy (non-hydrogen) atoms. The van der Waals surface area contributed by atoms with E-state index >= 15 is 0 Å². The van der Waals surface area contributed by atoms with E-state index in [1.807, 2.05) is 32.1 Å². The first-order chi connectivity index (χ1) is 7.69. The van der Waals surface area contributed by atoms with Crippen LogP contribution in [0.2, 0.25) is 0 Å². The zero-order valence-corrected chi connectivity index (χ0v) is 9.94. The average Bonchev–Trinajstić information content (AvgIpc) is 2.28. The van der Waals surface area contributed by atoms with Crippen LogP contribution < -0.4 is 0 Å². The number of rotatable bonds is 6. The highest BCUT2D eigenvalue weighted by Gasteiger charge is 1.99. The lowest BCUT2D eigenvalue weighted by atomic mass is 9.94. The van der Waals surface area contributed by atoms with E-state index in [4.69, 9.17) is 12.6 Å². The van der Waals surface area contributed by atoms with Gasteiger partial charge in [-0.3, -0.25) is 0 Å². The highest BCUT2D eigenvalue weighted by Crippen LogP contribution is 2.13. The first-order valence-corrected chi connectivity index (χ1v) is 5.07. The van der Waals surface area contributed by atoms with Gasteiger partial charge in [-0.2, -0.15) is 0 Å². The molecule has 2 heteroatoms. The van der Waals surface area contributed by atoms with Gasteiger partial charge in [0.1, 0.15) is 19.4 Å². The summed E-state index contributed by atoms with van der Waals surface area (Å²) in [5.74, 6) is 1.25. The standard InChI is InChI=1S/C14H17BO/c1-5-9-12(10-6-2)16-14(11-7-3)13(15)8-4/h5-11H,1,4H2,2-3H3/b10-6-,11-7-,12-9+,14-13-. The van der Waals surface area contributed by atoms with E-state index in [-0.39, 0.29) is 0 Å². The van der Waals surface area contributed by atoms with Gasteiger partial charge in [0.2, 0.25) is 0 Å². The van der Waals surface area contributed by atoms with Crippen molar-refractivity contribution in [1.29, 1.82) is 0 Å². The van der Waals surface area contributed by atoms with Crippen molar-refractivity contribution in [2.45, 2.75) is 13.8 Å². The molecule has 0 aromatic rings. The molecule has 0 heterocycles. The summed E-state index contributed by atoms with van der Waals surface area (Å²) in [6, 6.07) is 0. The van der Waals surface area contributed by atoms with E-state index < -0.39 is 0 Å². The van der Waals surface area contributed by atoms with Gasteiger partial charge in [-0.1, -0.05) is 42.9 Å². The minimum Gasteiger partial charge on any atom is -0.458 e. The Labute approximate surface area is 99.6 Å². The highest BCUT2D eigenvalue weighted by atomic mass is 16.5. The van der Waals surface area contributed by atoms with Crippen LogP contribution in [-0.4, -0.2) is 7.85 Å². The van der Waals surface area contributed by atoms with Crippen LogP contribution in [0, 0.1) is 0 Å². The number of ether oxygens (including phenoxy) is 1. The molecule has 1 nitrogen and oxygen atoms in total. The molecular formula is C14H17BO. The zero-order chi connectivity index (χ0) is 12.4. The van der Waals surface area contributed by atoms with Gasteiger partial charge < -0.3 is 4.74 Å². The number of hydrogen-bond donors (Lipinski definition) is 0. The van der Waals surface area contributed by atoms with Crippen LogP contribution in [-0.2, 0) is 4.74 Å². The average molecular weight is 212 g/mol. The van der Waals surface area contributed by atoms with Crippen molar-refractivity contribution in [2.24, 2.45) is 0 Å². The molecule has 0 aromatic carbocycles. The molecule has 0 atom stereocenters. The Balaban J connectivity index is 5.07. The smallest absolute Gasteiger partial charge is 0.127 e. The third kappa shape index (κ3) is 5.25. The monoisotopic (exact) mass is 212 g/mol. The van der Waals surface area contributed by atoms with Gasteiger partial charge in [0, 0.05) is 0 Å². The van der Waals surface area contributed by atoms with E-state index in [0.717, 1.165) is 0 Å². The third-order valence-corrected chi connectivity index (χ3v) is 1.66. The predicted molar refractivity (Wildman–Crippen MR) is 72.0 cm³/mol. The van der Waals surface area contributed by atoms with Gasteiger partial charge in [-0.25, -0.2) is 0 Å². The summed E-state index contributed by atoms with van der Waals surface area (Å²) in [6.45, 7) is 11.0. The Hall–Kier alpha value is -1.70. The first-order valence-electron chi connectivity index (χ1n) is 5.07. The quantitative estimate of drug-likeness (QED) is 0.369. The van der Waals surface area contributed by atoms with Gasteiger partial charge in [-0.05, 0) is 32.1 Å². The zero-order valence-electron chi connectivity index (χ0n) is 9.94. The minimum atomic E-state index is 0.498. The fourth-order valence-electron chi connectivity index (χ4n) is 0.972. The van der Waals surface area contributed by atoms with Crippen LogP contribution in [0.4, 0.5) is 0 Å². The summed E-state index contributed by atoms with van der Waals surface area (Å²) >= 11 is 0. The lowest BCUT2D eigenvalue weighted by Crippen LogP contribution is -1.93. The lowest BCUT2D eigenvalue weighted by Gasteiger charge is -2.09. The summed E-state index contributed by atoms with van der Waals surface area (Å²) < 4.78 is 5.62. The SMILES string of the molecule is [B]/C(C=C)=C(/C=C\C)OC(/C=C\C)=C/C=C. The van der Waals surface area contributed by atoms with E-state index in [9.17, 15) is 0 Å². The Morgan fingerprint density at radius 2 is 1.75 bits per heavy atom. The Bertz CT molecular complexity index is 357. The van der Waals surface area contributed by atoms with Crippen molar-refractivity contribution in [2.75, 3.05) is 0 Å². The molecular weight excluding hydrogens is 195 g/mol. The molecule has 2 radical (unpaired) electrons. The Kier molecular flexibility index (Phi) is 7.69. The molecule has 0 amide bonds. The highest BCUT2D eigenvalue weighted by molar-refractivity contribution is 6.23. The summed E-state index contributed by atoms with van der Waals surface area (Å²) in [5, 5.41) is 0. The minimum absolute atomic E-state index is 0.498. The maximum Gasteiger partial charge on any atom is 0.127 e. The van der Waals surface area contributed by atoms with Crippen molar-refractivity contribution >= 4 is 7.85 Å². The number of allylic oxidation sites excluding steroid dienone is 8. The van der Waals surface area contributed by atoms with Crippen molar-refractivity contribution in [3.8, 4) is 0 Å². The maximum absolute atomic E-state index is 5.75. The predicted octanol–water partition coefficient (Wildman–Crippen LogP) is 3.79. The molecule has 0 aromatic heterocycles. The molecule has 0 aliphatic heterocycles. The van der Waals surface area contributed by atoms with Gasteiger partial charge >= 0.3 is 0 Å². The summed E-state index contributed by atoms with van der Waals surface area (Å²) in [6.07, 6.45) is 12.3. The van der Waals surface area contributed by atoms with E-state index in [0.29, 0.717) is 17.0 Å². The van der Waals surface area contributed by atoms with E-state index in [2.05, 4.69) is 13.2 Å². The van der Waals surface area contributed by atoms with Crippen LogP contribution in [0.5, 0.6) is 0 Å². The van der Waals surface area contributed by atoms with Crippen LogP contribution in [0.1, 0.15) is 13.8 Å². The molecule has 82 valence electrons. The van der Waals surface area contributed by atoms with Crippen molar-refractivity contribution in [1.82, 2.24) is 0 Å². The normalized spacial score (nSPS) is 14.0. The molecule has 0 spiro atoms. The van der Waals surface area contributed by atoms with E-state index in [1.165, 1.54) is 0 Å². The summed E-state index contributed by atoms with van der Waals surface area (Å²) in [7, 11) is 5.75. The fraction of sp³-hybridized carbons (Fsp3) is 0.143. The van der Waals surface area contributed by atoms with E-state index in [1.54, 1.807) is 24.3 Å². The largest absolute Gasteiger partial charge is 0.458 e. The molecule has 0 N–H and O–H groups in total. The second-order valence-corrected chi connectivity index (χ2v) is 2.93. The van der Waals surface area contributed by atoms with Crippen LogP contribution >= 0.6 is 0 Å². The molecule has 0 aliphatic rings. The summed E-state index contributed by atoms with van der Waals surface area (Å²) in [5.41, 5.74) is 0.498. The third-order valence-electron chi connectivity index (χ3n) is 1.66. The van der Waals surface area contributed by atoms with Gasteiger partial charge in [0.25, 0.3) is 0 Å². The molecule has 0 fully saturated rings. The molecule has 0 unspecified atom stereocenters. The second-order valence-electron chi connectivity index (χ2n) is 2.93. The Morgan fingerprint density at radius 1 is 1.12 bits per heavy atom. The van der Waals surface area contributed by atoms with Gasteiger partial charge in [0.05, 0.1) is 0 Å². The second kappa shape index (κ2) is 8.60. The first kappa shape index (κ1) is 14.3. The molecule has 0 rings (SSSR count).